The fourth-order valence-corrected chi connectivity index (χ4v) is 1.21. The van der Waals surface area contributed by atoms with Crippen LogP contribution in [0.1, 0.15) is 5.76 Å². The number of furan rings is 1. The largest absolute Gasteiger partial charge is 0.448 e. The zero-order chi connectivity index (χ0) is 11.1. The van der Waals surface area contributed by atoms with E-state index in [2.05, 4.69) is 38.4 Å². The predicted molar refractivity (Wildman–Crippen MR) is 67.9 cm³/mol. The molecule has 0 aliphatic carbocycles. The number of hydrazone groups is 1. The Morgan fingerprint density at radius 2 is 2.47 bits per heavy atom. The number of hydrogen-bond acceptors (Lipinski definition) is 3. The SMILES string of the molecule is C=CCNC(=S)N/N=C\c1ccc(Br)o1. The van der Waals surface area contributed by atoms with E-state index in [1.807, 2.05) is 0 Å². The number of thiocarbonyl (C=S) groups is 1. The van der Waals surface area contributed by atoms with Gasteiger partial charge in [0.25, 0.3) is 0 Å². The number of rotatable bonds is 4. The quantitative estimate of drug-likeness (QED) is 0.385. The fourth-order valence-electron chi connectivity index (χ4n) is 0.757. The van der Waals surface area contributed by atoms with E-state index >= 15 is 0 Å². The van der Waals surface area contributed by atoms with Crippen LogP contribution in [0.3, 0.4) is 0 Å². The zero-order valence-corrected chi connectivity index (χ0v) is 10.3. The highest BCUT2D eigenvalue weighted by atomic mass is 79.9. The number of hydrogen-bond donors (Lipinski definition) is 2. The lowest BCUT2D eigenvalue weighted by Crippen LogP contribution is -2.31. The first-order chi connectivity index (χ1) is 7.22. The second kappa shape index (κ2) is 6.36. The van der Waals surface area contributed by atoms with E-state index in [1.165, 1.54) is 6.21 Å². The Bertz CT molecular complexity index is 375. The van der Waals surface area contributed by atoms with Crippen LogP contribution < -0.4 is 10.7 Å². The average Bonchev–Trinajstić information content (AvgIpc) is 2.61. The van der Waals surface area contributed by atoms with E-state index in [4.69, 9.17) is 16.6 Å². The molecule has 0 saturated carbocycles. The summed E-state index contributed by atoms with van der Waals surface area (Å²) >= 11 is 8.11. The summed E-state index contributed by atoms with van der Waals surface area (Å²) in [7, 11) is 0. The van der Waals surface area contributed by atoms with Crippen LogP contribution in [-0.4, -0.2) is 17.9 Å². The highest BCUT2D eigenvalue weighted by Gasteiger charge is 1.94. The van der Waals surface area contributed by atoms with Gasteiger partial charge in [-0.15, -0.1) is 6.58 Å². The van der Waals surface area contributed by atoms with Crippen molar-refractivity contribution in [1.82, 2.24) is 10.7 Å². The highest BCUT2D eigenvalue weighted by Crippen LogP contribution is 2.11. The molecular weight excluding hydrogens is 278 g/mol. The van der Waals surface area contributed by atoms with Crippen molar-refractivity contribution < 1.29 is 4.42 Å². The van der Waals surface area contributed by atoms with Crippen LogP contribution in [-0.2, 0) is 0 Å². The summed E-state index contributed by atoms with van der Waals surface area (Å²) in [5.74, 6) is 0.640. The molecule has 0 spiro atoms. The Morgan fingerprint density at radius 3 is 3.07 bits per heavy atom. The van der Waals surface area contributed by atoms with Crippen molar-refractivity contribution in [3.05, 3.63) is 35.2 Å². The number of nitrogens with one attached hydrogen (secondary N) is 2. The van der Waals surface area contributed by atoms with Crippen LogP contribution in [0.5, 0.6) is 0 Å². The van der Waals surface area contributed by atoms with Crippen molar-refractivity contribution in [3.63, 3.8) is 0 Å². The summed E-state index contributed by atoms with van der Waals surface area (Å²) in [6.07, 6.45) is 3.24. The molecular formula is C9H10BrN3OS. The van der Waals surface area contributed by atoms with Gasteiger partial charge in [-0.2, -0.15) is 5.10 Å². The van der Waals surface area contributed by atoms with Crippen LogP contribution in [0.2, 0.25) is 0 Å². The molecule has 2 N–H and O–H groups in total. The van der Waals surface area contributed by atoms with Gasteiger partial charge >= 0.3 is 0 Å². The van der Waals surface area contributed by atoms with Gasteiger partial charge in [0.1, 0.15) is 5.76 Å². The van der Waals surface area contributed by atoms with E-state index in [1.54, 1.807) is 18.2 Å². The Morgan fingerprint density at radius 1 is 1.67 bits per heavy atom. The predicted octanol–water partition coefficient (Wildman–Crippen LogP) is 2.03. The lowest BCUT2D eigenvalue weighted by molar-refractivity contribution is 0.534. The third-order valence-electron chi connectivity index (χ3n) is 1.36. The maximum absolute atomic E-state index is 5.19. The van der Waals surface area contributed by atoms with Crippen molar-refractivity contribution in [1.29, 1.82) is 0 Å². The van der Waals surface area contributed by atoms with Gasteiger partial charge < -0.3 is 9.73 Å². The van der Waals surface area contributed by atoms with Crippen molar-refractivity contribution in [3.8, 4) is 0 Å². The third kappa shape index (κ3) is 4.75. The minimum absolute atomic E-state index is 0.441. The first kappa shape index (κ1) is 11.9. The summed E-state index contributed by atoms with van der Waals surface area (Å²) in [5, 5.41) is 7.19. The van der Waals surface area contributed by atoms with E-state index in [9.17, 15) is 0 Å². The van der Waals surface area contributed by atoms with Crippen molar-refractivity contribution in [2.45, 2.75) is 0 Å². The summed E-state index contributed by atoms with van der Waals surface area (Å²) in [6, 6.07) is 3.57. The molecule has 0 aliphatic rings. The van der Waals surface area contributed by atoms with Gasteiger partial charge in [0.15, 0.2) is 9.78 Å². The van der Waals surface area contributed by atoms with Crippen LogP contribution >= 0.6 is 28.1 Å². The van der Waals surface area contributed by atoms with E-state index in [0.29, 0.717) is 22.1 Å². The van der Waals surface area contributed by atoms with Gasteiger partial charge in [-0.05, 0) is 40.3 Å². The average molecular weight is 288 g/mol. The first-order valence-corrected chi connectivity index (χ1v) is 5.35. The number of nitrogens with zero attached hydrogens (tertiary/aromatic N) is 1. The molecule has 80 valence electrons. The fraction of sp³-hybridized carbons (Fsp3) is 0.111. The summed E-state index contributed by atoms with van der Waals surface area (Å²) < 4.78 is 5.86. The van der Waals surface area contributed by atoms with E-state index in [-0.39, 0.29) is 0 Å². The van der Waals surface area contributed by atoms with Crippen LogP contribution in [0, 0.1) is 0 Å². The molecule has 6 heteroatoms. The smallest absolute Gasteiger partial charge is 0.187 e. The Labute approximate surface area is 102 Å². The van der Waals surface area contributed by atoms with E-state index in [0.717, 1.165) is 0 Å². The number of halogens is 1. The highest BCUT2D eigenvalue weighted by molar-refractivity contribution is 9.10. The van der Waals surface area contributed by atoms with Crippen molar-refractivity contribution >= 4 is 39.5 Å². The molecule has 0 fully saturated rings. The van der Waals surface area contributed by atoms with Gasteiger partial charge in [0, 0.05) is 6.54 Å². The molecule has 0 bridgehead atoms. The normalized spacial score (nSPS) is 10.2. The molecule has 0 unspecified atom stereocenters. The second-order valence-corrected chi connectivity index (χ2v) is 3.70. The van der Waals surface area contributed by atoms with Gasteiger partial charge in [0.2, 0.25) is 0 Å². The molecule has 0 radical (unpaired) electrons. The van der Waals surface area contributed by atoms with Crippen LogP contribution in [0.4, 0.5) is 0 Å². The standard InChI is InChI=1S/C9H10BrN3OS/c1-2-5-11-9(15)13-12-6-7-3-4-8(10)14-7/h2-4,6H,1,5H2,(H2,11,13,15)/b12-6-. The van der Waals surface area contributed by atoms with Gasteiger partial charge in [0.05, 0.1) is 6.21 Å². The Kier molecular flexibility index (Phi) is 5.06. The van der Waals surface area contributed by atoms with Crippen LogP contribution in [0.15, 0.2) is 39.0 Å². The van der Waals surface area contributed by atoms with Gasteiger partial charge in [-0.1, -0.05) is 6.08 Å². The minimum Gasteiger partial charge on any atom is -0.448 e. The Balaban J connectivity index is 2.33. The lowest BCUT2D eigenvalue weighted by atomic mass is 10.5. The minimum atomic E-state index is 0.441. The van der Waals surface area contributed by atoms with Crippen molar-refractivity contribution in [2.24, 2.45) is 5.10 Å². The maximum Gasteiger partial charge on any atom is 0.187 e. The molecule has 4 nitrogen and oxygen atoms in total. The Hall–Kier alpha value is -1.14. The third-order valence-corrected chi connectivity index (χ3v) is 2.02. The molecule has 0 aromatic carbocycles. The summed E-state index contributed by atoms with van der Waals surface area (Å²) in [6.45, 7) is 4.16. The second-order valence-electron chi connectivity index (χ2n) is 2.51. The van der Waals surface area contributed by atoms with Crippen molar-refractivity contribution in [2.75, 3.05) is 6.54 Å². The molecule has 1 heterocycles. The van der Waals surface area contributed by atoms with Crippen LogP contribution in [0.25, 0.3) is 0 Å². The maximum atomic E-state index is 5.19. The molecule has 0 atom stereocenters. The van der Waals surface area contributed by atoms with Gasteiger partial charge in [-0.3, -0.25) is 5.43 Å². The van der Waals surface area contributed by atoms with Gasteiger partial charge in [-0.25, -0.2) is 0 Å². The summed E-state index contributed by atoms with van der Waals surface area (Å²) in [5.41, 5.74) is 2.64. The summed E-state index contributed by atoms with van der Waals surface area (Å²) in [4.78, 5) is 0. The topological polar surface area (TPSA) is 49.6 Å². The molecule has 15 heavy (non-hydrogen) atoms. The van der Waals surface area contributed by atoms with E-state index < -0.39 is 0 Å². The molecule has 1 rings (SSSR count). The lowest BCUT2D eigenvalue weighted by Gasteiger charge is -2.02. The molecule has 0 aliphatic heterocycles. The monoisotopic (exact) mass is 287 g/mol. The molecule has 1 aromatic rings. The molecule has 0 saturated heterocycles. The molecule has 0 amide bonds. The first-order valence-electron chi connectivity index (χ1n) is 4.15. The molecule has 1 aromatic heterocycles. The zero-order valence-electron chi connectivity index (χ0n) is 7.87.